The molecule has 0 aromatic rings. The monoisotopic (exact) mass is 502 g/mol. The van der Waals surface area contributed by atoms with Gasteiger partial charge in [-0.25, -0.2) is 0 Å². The molecule has 8 atom stereocenters. The zero-order valence-corrected chi connectivity index (χ0v) is 23.0. The van der Waals surface area contributed by atoms with Crippen molar-refractivity contribution >= 4 is 11.9 Å². The SMILES string of the molecule is CC1(C)CC[C@]2(C(=O)O)CC[C@]3(C)C(=CC[C@@H]4[C@]5(C)[C@@H](CC[C@]43C)[C@](C)(C(=O)O)CCC5(O)O)[C@@H]2C1. The van der Waals surface area contributed by atoms with Gasteiger partial charge in [-0.2, -0.15) is 0 Å². The summed E-state index contributed by atoms with van der Waals surface area (Å²) in [4.78, 5) is 25.3. The van der Waals surface area contributed by atoms with Crippen molar-refractivity contribution in [3.8, 4) is 0 Å². The summed E-state index contributed by atoms with van der Waals surface area (Å²) in [6, 6.07) is 0. The highest BCUT2D eigenvalue weighted by molar-refractivity contribution is 5.77. The lowest BCUT2D eigenvalue weighted by atomic mass is 9.33. The third kappa shape index (κ3) is 2.92. The Labute approximate surface area is 215 Å². The number of aliphatic hydroxyl groups is 2. The molecule has 0 heterocycles. The second kappa shape index (κ2) is 7.37. The summed E-state index contributed by atoms with van der Waals surface area (Å²) in [6.07, 6.45) is 8.60. The van der Waals surface area contributed by atoms with E-state index >= 15 is 0 Å². The van der Waals surface area contributed by atoms with Gasteiger partial charge in [-0.3, -0.25) is 9.59 Å². The van der Waals surface area contributed by atoms with Gasteiger partial charge < -0.3 is 20.4 Å². The van der Waals surface area contributed by atoms with E-state index in [0.717, 1.165) is 25.7 Å². The molecule has 6 heteroatoms. The van der Waals surface area contributed by atoms with Gasteiger partial charge in [0.25, 0.3) is 0 Å². The quantitative estimate of drug-likeness (QED) is 0.288. The van der Waals surface area contributed by atoms with Crippen LogP contribution in [-0.4, -0.2) is 38.2 Å². The van der Waals surface area contributed by atoms with E-state index in [1.54, 1.807) is 6.92 Å². The number of hydrogen-bond donors (Lipinski definition) is 4. The summed E-state index contributed by atoms with van der Waals surface area (Å²) in [7, 11) is 0. The third-order valence-electron chi connectivity index (χ3n) is 13.3. The number of allylic oxidation sites excluding steroid dienone is 2. The van der Waals surface area contributed by atoms with Crippen LogP contribution in [0.4, 0.5) is 0 Å². The maximum Gasteiger partial charge on any atom is 0.310 e. The molecule has 36 heavy (non-hydrogen) atoms. The molecule has 0 aromatic carbocycles. The minimum absolute atomic E-state index is 0.00976. The van der Waals surface area contributed by atoms with Crippen LogP contribution in [0.1, 0.15) is 106 Å². The molecule has 5 aliphatic rings. The number of carboxylic acid groups (broad SMARTS) is 2. The molecule has 0 aromatic heterocycles. The summed E-state index contributed by atoms with van der Waals surface area (Å²) in [5.41, 5.74) is -1.84. The van der Waals surface area contributed by atoms with Gasteiger partial charge in [0.15, 0.2) is 5.79 Å². The Morgan fingerprint density at radius 3 is 2.06 bits per heavy atom. The van der Waals surface area contributed by atoms with E-state index in [0.29, 0.717) is 25.7 Å². The normalized spacial score (nSPS) is 51.0. The van der Waals surface area contributed by atoms with Gasteiger partial charge in [0.05, 0.1) is 10.8 Å². The van der Waals surface area contributed by atoms with Gasteiger partial charge in [-0.15, -0.1) is 0 Å². The Bertz CT molecular complexity index is 1030. The molecule has 0 radical (unpaired) electrons. The van der Waals surface area contributed by atoms with Crippen molar-refractivity contribution < 1.29 is 30.0 Å². The van der Waals surface area contributed by atoms with Crippen LogP contribution in [0.3, 0.4) is 0 Å². The first-order valence-electron chi connectivity index (χ1n) is 14.0. The van der Waals surface area contributed by atoms with Crippen LogP contribution in [0.15, 0.2) is 11.6 Å². The average molecular weight is 503 g/mol. The Morgan fingerprint density at radius 1 is 0.806 bits per heavy atom. The zero-order chi connectivity index (χ0) is 26.7. The largest absolute Gasteiger partial charge is 0.481 e. The Morgan fingerprint density at radius 2 is 1.44 bits per heavy atom. The first kappa shape index (κ1) is 26.2. The van der Waals surface area contributed by atoms with Crippen LogP contribution >= 0.6 is 0 Å². The van der Waals surface area contributed by atoms with Crippen LogP contribution in [0.2, 0.25) is 0 Å². The van der Waals surface area contributed by atoms with Crippen LogP contribution in [0.25, 0.3) is 0 Å². The van der Waals surface area contributed by atoms with E-state index in [9.17, 15) is 30.0 Å². The lowest BCUT2D eigenvalue weighted by Crippen LogP contribution is -2.71. The summed E-state index contributed by atoms with van der Waals surface area (Å²) in [5, 5.41) is 43.8. The molecule has 0 bridgehead atoms. The number of aliphatic carboxylic acids is 2. The molecule has 0 unspecified atom stereocenters. The zero-order valence-electron chi connectivity index (χ0n) is 23.0. The Balaban J connectivity index is 1.65. The lowest BCUT2D eigenvalue weighted by Gasteiger charge is -2.72. The fourth-order valence-electron chi connectivity index (χ4n) is 10.5. The fourth-order valence-corrected chi connectivity index (χ4v) is 10.5. The number of carbonyl (C=O) groups is 2. The van der Waals surface area contributed by atoms with Gasteiger partial charge in [0, 0.05) is 11.8 Å². The van der Waals surface area contributed by atoms with E-state index in [-0.39, 0.29) is 46.8 Å². The number of carboxylic acids is 2. The number of fused-ring (bicyclic) bond motifs is 7. The maximum absolute atomic E-state index is 12.8. The first-order chi connectivity index (χ1) is 16.4. The van der Waals surface area contributed by atoms with E-state index in [2.05, 4.69) is 33.8 Å². The average Bonchev–Trinajstić information content (AvgIpc) is 2.76. The second-order valence-electron chi connectivity index (χ2n) is 15.0. The predicted molar refractivity (Wildman–Crippen MR) is 136 cm³/mol. The lowest BCUT2D eigenvalue weighted by molar-refractivity contribution is -0.339. The topological polar surface area (TPSA) is 115 Å². The summed E-state index contributed by atoms with van der Waals surface area (Å²) >= 11 is 0. The fraction of sp³-hybridized carbons (Fsp3) is 0.867. The molecule has 4 N–H and O–H groups in total. The van der Waals surface area contributed by atoms with Gasteiger partial charge in [-0.1, -0.05) is 46.3 Å². The van der Waals surface area contributed by atoms with Crippen molar-refractivity contribution in [3.05, 3.63) is 11.6 Å². The molecule has 5 aliphatic carbocycles. The standard InChI is InChI=1S/C30H46O6/c1-24(2)11-14-29(23(33)34)15-13-26(4)18(19(29)17-24)7-8-21-27(26,5)10-9-20-25(3,22(31)32)12-16-30(35,36)28(20,21)6/h7,19-21,35-36H,8-17H2,1-6H3,(H,31,32)(H,33,34)/t19-,20-,21-,25+,26+,27+,28-,29-/m0/s1. The highest BCUT2D eigenvalue weighted by Crippen LogP contribution is 2.76. The van der Waals surface area contributed by atoms with Gasteiger partial charge in [-0.05, 0) is 98.7 Å². The summed E-state index contributed by atoms with van der Waals surface area (Å²) in [5.74, 6) is -3.89. The molecule has 0 aliphatic heterocycles. The molecule has 0 amide bonds. The summed E-state index contributed by atoms with van der Waals surface area (Å²) in [6.45, 7) is 12.8. The van der Waals surface area contributed by atoms with Gasteiger partial charge in [0.2, 0.25) is 0 Å². The predicted octanol–water partition coefficient (Wildman–Crippen LogP) is 5.62. The minimum Gasteiger partial charge on any atom is -0.481 e. The molecule has 4 fully saturated rings. The molecule has 202 valence electrons. The summed E-state index contributed by atoms with van der Waals surface area (Å²) < 4.78 is 0. The molecule has 4 saturated carbocycles. The van der Waals surface area contributed by atoms with Crippen molar-refractivity contribution in [1.29, 1.82) is 0 Å². The third-order valence-corrected chi connectivity index (χ3v) is 13.3. The highest BCUT2D eigenvalue weighted by Gasteiger charge is 2.74. The molecule has 0 spiro atoms. The molecule has 0 saturated heterocycles. The highest BCUT2D eigenvalue weighted by atomic mass is 16.5. The van der Waals surface area contributed by atoms with Crippen LogP contribution < -0.4 is 0 Å². The second-order valence-corrected chi connectivity index (χ2v) is 15.0. The van der Waals surface area contributed by atoms with Crippen molar-refractivity contribution in [1.82, 2.24) is 0 Å². The number of rotatable bonds is 2. The minimum atomic E-state index is -1.94. The van der Waals surface area contributed by atoms with Crippen molar-refractivity contribution in [2.45, 2.75) is 112 Å². The van der Waals surface area contributed by atoms with Gasteiger partial charge >= 0.3 is 11.9 Å². The molecule has 6 nitrogen and oxygen atoms in total. The van der Waals surface area contributed by atoms with Crippen molar-refractivity contribution in [3.63, 3.8) is 0 Å². The molecular weight excluding hydrogens is 456 g/mol. The molecular formula is C30H46O6. The van der Waals surface area contributed by atoms with E-state index < -0.39 is 34.0 Å². The maximum atomic E-state index is 12.8. The van der Waals surface area contributed by atoms with E-state index in [1.807, 2.05) is 6.92 Å². The molecule has 5 rings (SSSR count). The first-order valence-corrected chi connectivity index (χ1v) is 14.0. The van der Waals surface area contributed by atoms with Crippen molar-refractivity contribution in [2.24, 2.45) is 50.2 Å². The van der Waals surface area contributed by atoms with Crippen molar-refractivity contribution in [2.75, 3.05) is 0 Å². The van der Waals surface area contributed by atoms with E-state index in [4.69, 9.17) is 0 Å². The Kier molecular flexibility index (Phi) is 5.37. The van der Waals surface area contributed by atoms with Gasteiger partial charge in [0.1, 0.15) is 0 Å². The van der Waals surface area contributed by atoms with E-state index in [1.165, 1.54) is 5.57 Å². The smallest absolute Gasteiger partial charge is 0.310 e. The Hall–Kier alpha value is -1.40. The number of hydrogen-bond acceptors (Lipinski definition) is 4. The van der Waals surface area contributed by atoms with Crippen LogP contribution in [-0.2, 0) is 9.59 Å². The van der Waals surface area contributed by atoms with Crippen LogP contribution in [0, 0.1) is 50.2 Å². The van der Waals surface area contributed by atoms with Crippen LogP contribution in [0.5, 0.6) is 0 Å².